The van der Waals surface area contributed by atoms with Crippen LogP contribution in [-0.4, -0.2) is 21.9 Å². The normalized spacial score (nSPS) is 23.2. The summed E-state index contributed by atoms with van der Waals surface area (Å²) >= 11 is 2.92. The molecule has 1 aliphatic heterocycles. The van der Waals surface area contributed by atoms with E-state index in [1.807, 2.05) is 0 Å². The lowest BCUT2D eigenvalue weighted by atomic mass is 10.3. The Bertz CT molecular complexity index is 271. The van der Waals surface area contributed by atoms with Crippen molar-refractivity contribution in [3.63, 3.8) is 0 Å². The van der Waals surface area contributed by atoms with E-state index in [1.54, 1.807) is 0 Å². The minimum Gasteiger partial charge on any atom is -0.271 e. The molecule has 0 spiro atoms. The molecule has 1 amide bonds. The van der Waals surface area contributed by atoms with E-state index in [0.29, 0.717) is 0 Å². The molecule has 0 saturated heterocycles. The van der Waals surface area contributed by atoms with E-state index in [2.05, 4.69) is 20.9 Å². The van der Waals surface area contributed by atoms with Crippen molar-refractivity contribution < 1.29 is 9.72 Å². The van der Waals surface area contributed by atoms with Crippen LogP contribution in [0.1, 0.15) is 0 Å². The third-order valence-corrected chi connectivity index (χ3v) is 1.74. The monoisotopic (exact) mass is 218 g/mol. The van der Waals surface area contributed by atoms with Crippen molar-refractivity contribution in [1.29, 1.82) is 0 Å². The quantitative estimate of drug-likeness (QED) is 0.366. The minimum atomic E-state index is -0.659. The molecule has 6 heteroatoms. The second kappa shape index (κ2) is 2.91. The molecule has 0 N–H and O–H groups in total. The number of halogens is 1. The van der Waals surface area contributed by atoms with Gasteiger partial charge in [0, 0.05) is 6.08 Å². The fourth-order valence-electron chi connectivity index (χ4n) is 0.573. The molecule has 1 heterocycles. The van der Waals surface area contributed by atoms with Crippen LogP contribution >= 0.6 is 15.9 Å². The zero-order valence-corrected chi connectivity index (χ0v) is 6.82. The fourth-order valence-corrected chi connectivity index (χ4v) is 0.962. The molecule has 1 atom stereocenters. The van der Waals surface area contributed by atoms with Gasteiger partial charge < -0.3 is 0 Å². The summed E-state index contributed by atoms with van der Waals surface area (Å²) in [4.78, 5) is 22.8. The molecule has 0 fully saturated rings. The Labute approximate surface area is 70.1 Å². The summed E-state index contributed by atoms with van der Waals surface area (Å²) in [6.45, 7) is 0. The maximum atomic E-state index is 10.7. The molecule has 5 nitrogen and oxygen atoms in total. The van der Waals surface area contributed by atoms with Crippen molar-refractivity contribution in [2.24, 2.45) is 4.99 Å². The highest BCUT2D eigenvalue weighted by Gasteiger charge is 2.21. The van der Waals surface area contributed by atoms with E-state index in [9.17, 15) is 14.9 Å². The number of carbonyl (C=O) groups is 1. The number of allylic oxidation sites excluding steroid dienone is 1. The molecule has 1 unspecified atom stereocenters. The lowest BCUT2D eigenvalue weighted by Crippen LogP contribution is -2.17. The number of nitro groups is 1. The van der Waals surface area contributed by atoms with Crippen LogP contribution in [0.2, 0.25) is 0 Å². The first kappa shape index (κ1) is 8.06. The first-order valence-corrected chi connectivity index (χ1v) is 3.61. The molecule has 0 aromatic carbocycles. The lowest BCUT2D eigenvalue weighted by Gasteiger charge is -2.01. The molecule has 1 rings (SSSR count). The zero-order chi connectivity index (χ0) is 8.43. The highest BCUT2D eigenvalue weighted by atomic mass is 79.9. The first-order valence-electron chi connectivity index (χ1n) is 2.69. The number of nitrogens with zero attached hydrogens (tertiary/aromatic N) is 2. The van der Waals surface area contributed by atoms with Gasteiger partial charge in [0.2, 0.25) is 0 Å². The molecule has 0 aliphatic carbocycles. The molecular formula is C5H3BrN2O3. The van der Waals surface area contributed by atoms with Crippen molar-refractivity contribution >= 4 is 28.1 Å². The van der Waals surface area contributed by atoms with E-state index in [-0.39, 0.29) is 5.70 Å². The molecular weight excluding hydrogens is 216 g/mol. The third-order valence-electron chi connectivity index (χ3n) is 1.09. The predicted molar refractivity (Wildman–Crippen MR) is 41.3 cm³/mol. The van der Waals surface area contributed by atoms with Crippen LogP contribution in [0.4, 0.5) is 0 Å². The number of hydrogen-bond donors (Lipinski definition) is 0. The van der Waals surface area contributed by atoms with Gasteiger partial charge in [0.1, 0.15) is 11.0 Å². The standard InChI is InChI=1S/C5H3BrN2O3/c6-4-1-3(8(10)11)2-7-5(4)9/h1-2,4H. The molecule has 11 heavy (non-hydrogen) atoms. The SMILES string of the molecule is O=C1N=CC([N+](=O)[O-])=CC1Br. The van der Waals surface area contributed by atoms with Gasteiger partial charge in [-0.25, -0.2) is 4.99 Å². The van der Waals surface area contributed by atoms with Gasteiger partial charge in [0.25, 0.3) is 11.6 Å². The minimum absolute atomic E-state index is 0.161. The zero-order valence-electron chi connectivity index (χ0n) is 5.23. The van der Waals surface area contributed by atoms with Crippen molar-refractivity contribution in [2.75, 3.05) is 0 Å². The Kier molecular flexibility index (Phi) is 2.13. The number of alkyl halides is 1. The van der Waals surface area contributed by atoms with E-state index in [4.69, 9.17) is 0 Å². The second-order valence-electron chi connectivity index (χ2n) is 1.85. The van der Waals surface area contributed by atoms with Crippen molar-refractivity contribution in [3.8, 4) is 0 Å². The molecule has 0 radical (unpaired) electrons. The Hall–Kier alpha value is -1.04. The summed E-state index contributed by atoms with van der Waals surface area (Å²) in [7, 11) is 0. The van der Waals surface area contributed by atoms with Crippen molar-refractivity contribution in [1.82, 2.24) is 0 Å². The van der Waals surface area contributed by atoms with Gasteiger partial charge in [0.05, 0.1) is 4.92 Å². The Morgan fingerprint density at radius 2 is 2.36 bits per heavy atom. The Morgan fingerprint density at radius 1 is 1.73 bits per heavy atom. The fraction of sp³-hybridized carbons (Fsp3) is 0.200. The van der Waals surface area contributed by atoms with Crippen molar-refractivity contribution in [2.45, 2.75) is 4.83 Å². The summed E-state index contributed by atoms with van der Waals surface area (Å²) in [5, 5.41) is 10.1. The molecule has 0 saturated carbocycles. The highest BCUT2D eigenvalue weighted by Crippen LogP contribution is 2.11. The second-order valence-corrected chi connectivity index (χ2v) is 2.83. The van der Waals surface area contributed by atoms with Gasteiger partial charge in [0.15, 0.2) is 0 Å². The topological polar surface area (TPSA) is 72.6 Å². The third kappa shape index (κ3) is 1.70. The van der Waals surface area contributed by atoms with Crippen LogP contribution in [-0.2, 0) is 4.79 Å². The summed E-state index contributed by atoms with van der Waals surface area (Å²) in [5.41, 5.74) is -0.161. The van der Waals surface area contributed by atoms with Crippen LogP contribution < -0.4 is 0 Å². The van der Waals surface area contributed by atoms with Crippen molar-refractivity contribution in [3.05, 3.63) is 21.9 Å². The summed E-state index contributed by atoms with van der Waals surface area (Å²) in [6, 6.07) is 0. The van der Waals surface area contributed by atoms with E-state index < -0.39 is 15.7 Å². The lowest BCUT2D eigenvalue weighted by molar-refractivity contribution is -0.414. The average molecular weight is 219 g/mol. The Morgan fingerprint density at radius 3 is 2.82 bits per heavy atom. The smallest absolute Gasteiger partial charge is 0.271 e. The van der Waals surface area contributed by atoms with Gasteiger partial charge in [-0.2, -0.15) is 0 Å². The molecule has 0 aromatic rings. The maximum Gasteiger partial charge on any atom is 0.285 e. The van der Waals surface area contributed by atoms with Crippen LogP contribution in [0.25, 0.3) is 0 Å². The largest absolute Gasteiger partial charge is 0.285 e. The van der Waals surface area contributed by atoms with Gasteiger partial charge in [-0.1, -0.05) is 15.9 Å². The van der Waals surface area contributed by atoms with Crippen LogP contribution in [0, 0.1) is 10.1 Å². The molecule has 0 aromatic heterocycles. The van der Waals surface area contributed by atoms with Gasteiger partial charge >= 0.3 is 0 Å². The highest BCUT2D eigenvalue weighted by molar-refractivity contribution is 9.10. The summed E-state index contributed by atoms with van der Waals surface area (Å²) < 4.78 is 0. The van der Waals surface area contributed by atoms with Gasteiger partial charge in [-0.05, 0) is 0 Å². The maximum absolute atomic E-state index is 10.7. The number of hydrogen-bond acceptors (Lipinski definition) is 3. The number of rotatable bonds is 1. The summed E-state index contributed by atoms with van der Waals surface area (Å²) in [5.74, 6) is -0.421. The number of carbonyl (C=O) groups excluding carboxylic acids is 1. The van der Waals surface area contributed by atoms with Crippen LogP contribution in [0.3, 0.4) is 0 Å². The number of dihydropyridines is 1. The van der Waals surface area contributed by atoms with Crippen LogP contribution in [0.5, 0.6) is 0 Å². The Balaban J connectivity index is 2.88. The first-order chi connectivity index (χ1) is 5.11. The van der Waals surface area contributed by atoms with E-state index in [1.165, 1.54) is 6.08 Å². The van der Waals surface area contributed by atoms with Gasteiger partial charge in [-0.15, -0.1) is 0 Å². The average Bonchev–Trinajstić information content (AvgIpc) is 1.94. The molecule has 58 valence electrons. The summed E-state index contributed by atoms with van der Waals surface area (Å²) in [6.07, 6.45) is 2.15. The van der Waals surface area contributed by atoms with Gasteiger partial charge in [-0.3, -0.25) is 14.9 Å². The van der Waals surface area contributed by atoms with E-state index >= 15 is 0 Å². The molecule has 0 bridgehead atoms. The van der Waals surface area contributed by atoms with E-state index in [0.717, 1.165) is 6.21 Å². The predicted octanol–water partition coefficient (Wildman–Crippen LogP) is 0.521. The molecule has 1 aliphatic rings. The number of amides is 1. The van der Waals surface area contributed by atoms with Crippen LogP contribution in [0.15, 0.2) is 16.8 Å². The number of aliphatic imine (C=N–C) groups is 1.